The van der Waals surface area contributed by atoms with E-state index in [0.717, 1.165) is 65.3 Å². The van der Waals surface area contributed by atoms with Gasteiger partial charge in [-0.3, -0.25) is 9.36 Å². The topological polar surface area (TPSA) is 67.2 Å². The van der Waals surface area contributed by atoms with Gasteiger partial charge in [0.05, 0.1) is 5.75 Å². The molecule has 0 fully saturated rings. The number of thioether (sulfide) groups is 1. The molecule has 2 aromatic rings. The predicted molar refractivity (Wildman–Crippen MR) is 119 cm³/mol. The Bertz CT molecular complexity index is 953. The molecule has 0 radical (unpaired) electrons. The fourth-order valence-corrected chi connectivity index (χ4v) is 4.48. The van der Waals surface area contributed by atoms with Gasteiger partial charge in [-0.1, -0.05) is 23.9 Å². The van der Waals surface area contributed by atoms with Gasteiger partial charge in [0.25, 0.3) is 0 Å². The minimum absolute atomic E-state index is 0.0770. The van der Waals surface area contributed by atoms with Gasteiger partial charge in [0.15, 0.2) is 0 Å². The molecule has 6 nitrogen and oxygen atoms in total. The molecule has 156 valence electrons. The van der Waals surface area contributed by atoms with Crippen LogP contribution in [0, 0.1) is 13.8 Å². The summed E-state index contributed by atoms with van der Waals surface area (Å²) in [5, 5.41) is 3.71. The summed E-state index contributed by atoms with van der Waals surface area (Å²) >= 11 is 1.37. The average Bonchev–Trinajstić information content (AvgIpc) is 2.69. The van der Waals surface area contributed by atoms with Crippen LogP contribution < -0.4 is 11.0 Å². The zero-order chi connectivity index (χ0) is 21.0. The molecular formula is C22H30N4O2S. The van der Waals surface area contributed by atoms with E-state index < -0.39 is 0 Å². The lowest BCUT2D eigenvalue weighted by Gasteiger charge is -2.23. The summed E-state index contributed by atoms with van der Waals surface area (Å²) in [7, 11) is 4.01. The third-order valence-electron chi connectivity index (χ3n) is 5.44. The van der Waals surface area contributed by atoms with E-state index in [-0.39, 0.29) is 17.3 Å². The Labute approximate surface area is 176 Å². The van der Waals surface area contributed by atoms with Crippen molar-refractivity contribution in [3.63, 3.8) is 0 Å². The zero-order valence-corrected chi connectivity index (χ0v) is 18.6. The molecule has 1 aromatic carbocycles. The number of amides is 1. The van der Waals surface area contributed by atoms with E-state index in [1.807, 2.05) is 50.7 Å². The molecule has 0 saturated heterocycles. The Morgan fingerprint density at radius 3 is 2.76 bits per heavy atom. The number of hydrogen-bond acceptors (Lipinski definition) is 5. The van der Waals surface area contributed by atoms with Crippen LogP contribution >= 0.6 is 11.8 Å². The van der Waals surface area contributed by atoms with Gasteiger partial charge in [0.2, 0.25) is 5.91 Å². The first-order valence-electron chi connectivity index (χ1n) is 10.1. The Hall–Kier alpha value is -2.12. The number of carbonyl (C=O) groups excluding carboxylic acids is 1. The van der Waals surface area contributed by atoms with E-state index in [1.165, 1.54) is 11.8 Å². The van der Waals surface area contributed by atoms with E-state index >= 15 is 0 Å². The molecule has 0 atom stereocenters. The Morgan fingerprint density at radius 1 is 1.24 bits per heavy atom. The highest BCUT2D eigenvalue weighted by molar-refractivity contribution is 8.00. The van der Waals surface area contributed by atoms with Crippen LogP contribution in [0.25, 0.3) is 0 Å². The Morgan fingerprint density at radius 2 is 2.00 bits per heavy atom. The molecule has 1 aromatic heterocycles. The van der Waals surface area contributed by atoms with Crippen LogP contribution in [0.3, 0.4) is 0 Å². The van der Waals surface area contributed by atoms with Crippen molar-refractivity contribution in [3.8, 4) is 0 Å². The first kappa shape index (κ1) is 21.6. The van der Waals surface area contributed by atoms with Crippen molar-refractivity contribution >= 4 is 23.4 Å². The molecule has 0 saturated carbocycles. The van der Waals surface area contributed by atoms with Gasteiger partial charge in [-0.2, -0.15) is 4.98 Å². The second-order valence-electron chi connectivity index (χ2n) is 7.87. The number of carbonyl (C=O) groups is 1. The number of anilines is 1. The van der Waals surface area contributed by atoms with Crippen LogP contribution in [0.4, 0.5) is 5.69 Å². The molecule has 1 aliphatic carbocycles. The molecule has 3 rings (SSSR count). The van der Waals surface area contributed by atoms with Gasteiger partial charge in [0, 0.05) is 30.0 Å². The van der Waals surface area contributed by atoms with Crippen molar-refractivity contribution in [1.29, 1.82) is 0 Å². The molecule has 1 heterocycles. The lowest BCUT2D eigenvalue weighted by atomic mass is 9.97. The maximum Gasteiger partial charge on any atom is 0.348 e. The third-order valence-corrected chi connectivity index (χ3v) is 6.46. The smallest absolute Gasteiger partial charge is 0.325 e. The Kier molecular flexibility index (Phi) is 7.14. The number of hydrogen-bond donors (Lipinski definition) is 1. The van der Waals surface area contributed by atoms with Crippen molar-refractivity contribution < 1.29 is 4.79 Å². The van der Waals surface area contributed by atoms with E-state index in [1.54, 1.807) is 0 Å². The lowest BCUT2D eigenvalue weighted by molar-refractivity contribution is -0.113. The molecule has 1 amide bonds. The third kappa shape index (κ3) is 5.28. The maximum atomic E-state index is 12.7. The van der Waals surface area contributed by atoms with Gasteiger partial charge < -0.3 is 10.2 Å². The van der Waals surface area contributed by atoms with Gasteiger partial charge in [-0.05, 0) is 70.8 Å². The summed E-state index contributed by atoms with van der Waals surface area (Å²) in [5.74, 6) is 0.167. The molecule has 0 unspecified atom stereocenters. The van der Waals surface area contributed by atoms with Crippen LogP contribution in [0.5, 0.6) is 0 Å². The number of fused-ring (bicyclic) bond motifs is 1. The van der Waals surface area contributed by atoms with Crippen LogP contribution in [0.15, 0.2) is 28.0 Å². The molecule has 29 heavy (non-hydrogen) atoms. The number of aryl methyl sites for hydroxylation is 1. The first-order valence-corrected chi connectivity index (χ1v) is 11.1. The molecule has 0 spiro atoms. The number of benzene rings is 1. The van der Waals surface area contributed by atoms with Crippen LogP contribution in [0.2, 0.25) is 0 Å². The van der Waals surface area contributed by atoms with Crippen molar-refractivity contribution in [1.82, 2.24) is 14.5 Å². The number of aromatic nitrogens is 2. The molecule has 0 aliphatic heterocycles. The molecule has 1 N–H and O–H groups in total. The van der Waals surface area contributed by atoms with Crippen LogP contribution in [0.1, 0.15) is 35.2 Å². The van der Waals surface area contributed by atoms with Crippen molar-refractivity contribution in [2.45, 2.75) is 51.1 Å². The number of likely N-dealkylation sites (N-methyl/N-ethyl adjacent to an activating group) is 1. The monoisotopic (exact) mass is 414 g/mol. The Balaban J connectivity index is 1.75. The molecular weight excluding hydrogens is 384 g/mol. The highest BCUT2D eigenvalue weighted by Crippen LogP contribution is 2.28. The maximum absolute atomic E-state index is 12.7. The average molecular weight is 415 g/mol. The quantitative estimate of drug-likeness (QED) is 0.557. The van der Waals surface area contributed by atoms with Crippen molar-refractivity contribution in [2.75, 3.05) is 31.7 Å². The predicted octanol–water partition coefficient (Wildman–Crippen LogP) is 3.03. The van der Waals surface area contributed by atoms with Crippen molar-refractivity contribution in [2.24, 2.45) is 0 Å². The SMILES string of the molecule is Cc1cccc(NC(=O)CSc2nc(=O)n(CCN(C)C)c3c2CCCC3)c1C. The fraction of sp³-hybridized carbons (Fsp3) is 0.500. The summed E-state index contributed by atoms with van der Waals surface area (Å²) in [6.45, 7) is 5.49. The van der Waals surface area contributed by atoms with E-state index in [0.29, 0.717) is 6.54 Å². The summed E-state index contributed by atoms with van der Waals surface area (Å²) in [6, 6.07) is 5.88. The van der Waals surface area contributed by atoms with Crippen LogP contribution in [-0.4, -0.2) is 46.8 Å². The first-order chi connectivity index (χ1) is 13.9. The molecule has 0 bridgehead atoms. The zero-order valence-electron chi connectivity index (χ0n) is 17.7. The second kappa shape index (κ2) is 9.59. The van der Waals surface area contributed by atoms with Crippen LogP contribution in [-0.2, 0) is 24.2 Å². The minimum Gasteiger partial charge on any atom is -0.325 e. The van der Waals surface area contributed by atoms with E-state index in [4.69, 9.17) is 0 Å². The number of nitrogens with zero attached hydrogens (tertiary/aromatic N) is 3. The summed E-state index contributed by atoms with van der Waals surface area (Å²) in [5.41, 5.74) is 5.11. The summed E-state index contributed by atoms with van der Waals surface area (Å²) in [6.07, 6.45) is 4.02. The molecule has 7 heteroatoms. The van der Waals surface area contributed by atoms with Gasteiger partial charge in [-0.25, -0.2) is 4.79 Å². The van der Waals surface area contributed by atoms with E-state index in [9.17, 15) is 9.59 Å². The standard InChI is InChI=1S/C22H30N4O2S/c1-15-8-7-10-18(16(15)2)23-20(27)14-29-21-17-9-5-6-11-19(17)26(22(28)24-21)13-12-25(3)4/h7-8,10H,5-6,9,11-14H2,1-4H3,(H,23,27). The minimum atomic E-state index is -0.204. The summed E-state index contributed by atoms with van der Waals surface area (Å²) in [4.78, 5) is 31.6. The highest BCUT2D eigenvalue weighted by atomic mass is 32.2. The fourth-order valence-electron chi connectivity index (χ4n) is 3.60. The summed E-state index contributed by atoms with van der Waals surface area (Å²) < 4.78 is 1.83. The van der Waals surface area contributed by atoms with Gasteiger partial charge >= 0.3 is 5.69 Å². The highest BCUT2D eigenvalue weighted by Gasteiger charge is 2.21. The van der Waals surface area contributed by atoms with E-state index in [2.05, 4.69) is 15.2 Å². The molecule has 1 aliphatic rings. The second-order valence-corrected chi connectivity index (χ2v) is 8.84. The largest absolute Gasteiger partial charge is 0.348 e. The van der Waals surface area contributed by atoms with Gasteiger partial charge in [0.1, 0.15) is 5.03 Å². The number of rotatable bonds is 7. The lowest BCUT2D eigenvalue weighted by Crippen LogP contribution is -2.33. The number of nitrogens with one attached hydrogen (secondary N) is 1. The normalized spacial score (nSPS) is 13.4. The van der Waals surface area contributed by atoms with Gasteiger partial charge in [-0.15, -0.1) is 0 Å². The van der Waals surface area contributed by atoms with Crippen molar-refractivity contribution in [3.05, 3.63) is 51.1 Å².